The first-order chi connectivity index (χ1) is 26.0. The van der Waals surface area contributed by atoms with E-state index in [0.717, 1.165) is 57.8 Å². The Hall–Kier alpha value is -1.80. The SMILES string of the molecule is CC/C=C\C/C=C\C/C=C\C/C=C\CCCCCCCCCCCCCCCCCCC(=O)NC(COP(=O)(O)OCC[N+](C)(C)C)C(O)/C=C/CCC. The van der Waals surface area contributed by atoms with Crippen molar-refractivity contribution < 1.29 is 32.9 Å². The predicted molar refractivity (Wildman–Crippen MR) is 230 cm³/mol. The normalized spacial score (nSPS) is 15.0. The number of likely N-dealkylation sites (N-methyl/N-ethyl adjacent to an activating group) is 1. The van der Waals surface area contributed by atoms with Gasteiger partial charge in [0, 0.05) is 6.42 Å². The molecule has 0 aromatic heterocycles. The maximum Gasteiger partial charge on any atom is 0.472 e. The second-order valence-electron chi connectivity index (χ2n) is 15.7. The number of aliphatic hydroxyl groups is 1. The van der Waals surface area contributed by atoms with Crippen molar-refractivity contribution in [3.63, 3.8) is 0 Å². The molecule has 0 saturated carbocycles. The summed E-state index contributed by atoms with van der Waals surface area (Å²) >= 11 is 0. The molecule has 3 atom stereocenters. The van der Waals surface area contributed by atoms with Gasteiger partial charge in [-0.2, -0.15) is 0 Å². The molecule has 0 radical (unpaired) electrons. The maximum atomic E-state index is 12.7. The molecule has 0 aromatic rings. The highest BCUT2D eigenvalue weighted by molar-refractivity contribution is 7.47. The summed E-state index contributed by atoms with van der Waals surface area (Å²) in [7, 11) is 1.56. The molecule has 0 aromatic carbocycles. The molecule has 54 heavy (non-hydrogen) atoms. The van der Waals surface area contributed by atoms with Gasteiger partial charge in [-0.15, -0.1) is 0 Å². The van der Waals surface area contributed by atoms with Crippen LogP contribution in [0.25, 0.3) is 0 Å². The molecule has 8 nitrogen and oxygen atoms in total. The number of carbonyl (C=O) groups excluding carboxylic acids is 1. The lowest BCUT2D eigenvalue weighted by Crippen LogP contribution is -2.45. The lowest BCUT2D eigenvalue weighted by molar-refractivity contribution is -0.870. The van der Waals surface area contributed by atoms with Gasteiger partial charge in [0.2, 0.25) is 5.91 Å². The number of rotatable bonds is 38. The summed E-state index contributed by atoms with van der Waals surface area (Å²) in [6, 6.07) is -0.842. The molecular weight excluding hydrogens is 695 g/mol. The molecular formula is C45H84N2O6P+. The third-order valence-electron chi connectivity index (χ3n) is 9.22. The fourth-order valence-corrected chi connectivity index (χ4v) is 6.54. The van der Waals surface area contributed by atoms with Crippen LogP contribution < -0.4 is 5.32 Å². The molecule has 0 aliphatic carbocycles. The molecule has 0 heterocycles. The van der Waals surface area contributed by atoms with Gasteiger partial charge in [0.05, 0.1) is 39.9 Å². The zero-order chi connectivity index (χ0) is 40.0. The van der Waals surface area contributed by atoms with Crippen molar-refractivity contribution in [1.82, 2.24) is 5.32 Å². The van der Waals surface area contributed by atoms with Gasteiger partial charge in [-0.05, 0) is 51.4 Å². The van der Waals surface area contributed by atoms with Crippen molar-refractivity contribution >= 4 is 13.7 Å². The summed E-state index contributed by atoms with van der Waals surface area (Å²) in [4.78, 5) is 22.8. The molecule has 0 aliphatic heterocycles. The topological polar surface area (TPSA) is 105 Å². The minimum atomic E-state index is -4.31. The molecule has 0 rings (SSSR count). The summed E-state index contributed by atoms with van der Waals surface area (Å²) in [5, 5.41) is 13.5. The monoisotopic (exact) mass is 780 g/mol. The van der Waals surface area contributed by atoms with E-state index in [1.807, 2.05) is 34.1 Å². The summed E-state index contributed by atoms with van der Waals surface area (Å²) in [5.41, 5.74) is 0. The number of aliphatic hydroxyl groups excluding tert-OH is 1. The molecule has 0 bridgehead atoms. The summed E-state index contributed by atoms with van der Waals surface area (Å²) in [6.07, 6.45) is 48.2. The van der Waals surface area contributed by atoms with Gasteiger partial charge in [-0.1, -0.05) is 171 Å². The van der Waals surface area contributed by atoms with E-state index in [1.54, 1.807) is 6.08 Å². The van der Waals surface area contributed by atoms with Crippen LogP contribution >= 0.6 is 7.82 Å². The zero-order valence-electron chi connectivity index (χ0n) is 35.4. The average Bonchev–Trinajstić information content (AvgIpc) is 3.12. The van der Waals surface area contributed by atoms with Crippen molar-refractivity contribution in [2.45, 2.75) is 180 Å². The van der Waals surface area contributed by atoms with E-state index >= 15 is 0 Å². The predicted octanol–water partition coefficient (Wildman–Crippen LogP) is 11.9. The van der Waals surface area contributed by atoms with Gasteiger partial charge >= 0.3 is 7.82 Å². The number of nitrogens with zero attached hydrogens (tertiary/aromatic N) is 1. The van der Waals surface area contributed by atoms with Crippen molar-refractivity contribution in [2.24, 2.45) is 0 Å². The lowest BCUT2D eigenvalue weighted by atomic mass is 10.0. The van der Waals surface area contributed by atoms with Gasteiger partial charge in [-0.3, -0.25) is 13.8 Å². The standard InChI is InChI=1S/C45H83N2O6P/c1-6-8-10-11-12-13-14-15-16-17-18-19-20-21-22-23-24-25-26-27-28-29-30-31-32-33-34-35-37-39-45(49)46-43(44(48)38-36-9-7-2)42-53-54(50,51)52-41-40-47(3,4)5/h8,10,12-13,15-16,18-19,36,38,43-44,48H,6-7,9,11,14,17,20-35,37,39-42H2,1-5H3,(H-,46,49,50,51)/p+1/b10-8-,13-12-,16-15-,19-18-,38-36+. The third kappa shape index (κ3) is 38.5. The van der Waals surface area contributed by atoms with Gasteiger partial charge < -0.3 is 19.8 Å². The minimum Gasteiger partial charge on any atom is -0.387 e. The summed E-state index contributed by atoms with van der Waals surface area (Å²) < 4.78 is 23.2. The molecule has 1 amide bonds. The van der Waals surface area contributed by atoms with E-state index in [1.165, 1.54) is 89.9 Å². The van der Waals surface area contributed by atoms with Crippen molar-refractivity contribution in [3.8, 4) is 0 Å². The number of hydrogen-bond donors (Lipinski definition) is 3. The Balaban J connectivity index is 3.83. The summed E-state index contributed by atoms with van der Waals surface area (Å²) in [5.74, 6) is -0.192. The number of phosphoric ester groups is 1. The Labute approximate surface area is 332 Å². The molecule has 9 heteroatoms. The number of nitrogens with one attached hydrogen (secondary N) is 1. The van der Waals surface area contributed by atoms with E-state index < -0.39 is 20.0 Å². The largest absolute Gasteiger partial charge is 0.472 e. The number of carbonyl (C=O) groups is 1. The molecule has 0 saturated heterocycles. The highest BCUT2D eigenvalue weighted by Gasteiger charge is 2.27. The van der Waals surface area contributed by atoms with Gasteiger partial charge in [0.15, 0.2) is 0 Å². The smallest absolute Gasteiger partial charge is 0.387 e. The molecule has 3 unspecified atom stereocenters. The van der Waals surface area contributed by atoms with E-state index in [2.05, 4.69) is 60.8 Å². The number of hydrogen-bond acceptors (Lipinski definition) is 5. The second kappa shape index (κ2) is 36.8. The van der Waals surface area contributed by atoms with E-state index in [0.29, 0.717) is 17.4 Å². The van der Waals surface area contributed by atoms with Crippen LogP contribution in [0.4, 0.5) is 0 Å². The van der Waals surface area contributed by atoms with E-state index in [-0.39, 0.29) is 19.1 Å². The van der Waals surface area contributed by atoms with Crippen molar-refractivity contribution in [2.75, 3.05) is 40.9 Å². The van der Waals surface area contributed by atoms with Crippen LogP contribution in [0.3, 0.4) is 0 Å². The van der Waals surface area contributed by atoms with Crippen LogP contribution in [-0.2, 0) is 18.4 Å². The molecule has 0 aliphatic rings. The number of quaternary nitrogens is 1. The van der Waals surface area contributed by atoms with Crippen LogP contribution in [0.2, 0.25) is 0 Å². The Morgan fingerprint density at radius 1 is 0.648 bits per heavy atom. The first-order valence-electron chi connectivity index (χ1n) is 21.7. The fourth-order valence-electron chi connectivity index (χ4n) is 5.80. The number of phosphoric acid groups is 1. The van der Waals surface area contributed by atoms with Crippen LogP contribution in [0.15, 0.2) is 60.8 Å². The van der Waals surface area contributed by atoms with Gasteiger partial charge in [0.25, 0.3) is 0 Å². The highest BCUT2D eigenvalue weighted by atomic mass is 31.2. The van der Waals surface area contributed by atoms with Gasteiger partial charge in [0.1, 0.15) is 13.2 Å². The first-order valence-corrected chi connectivity index (χ1v) is 23.2. The zero-order valence-corrected chi connectivity index (χ0v) is 36.3. The Morgan fingerprint density at radius 3 is 1.59 bits per heavy atom. The van der Waals surface area contributed by atoms with Crippen LogP contribution in [0, 0.1) is 0 Å². The molecule has 0 fully saturated rings. The van der Waals surface area contributed by atoms with Crippen molar-refractivity contribution in [3.05, 3.63) is 60.8 Å². The second-order valence-corrected chi connectivity index (χ2v) is 17.1. The van der Waals surface area contributed by atoms with Gasteiger partial charge in [-0.25, -0.2) is 4.57 Å². The molecule has 0 spiro atoms. The van der Waals surface area contributed by atoms with Crippen molar-refractivity contribution in [1.29, 1.82) is 0 Å². The lowest BCUT2D eigenvalue weighted by Gasteiger charge is -2.25. The molecule has 3 N–H and O–H groups in total. The van der Waals surface area contributed by atoms with Crippen LogP contribution in [-0.4, -0.2) is 73.4 Å². The number of unbranched alkanes of at least 4 members (excludes halogenated alkanes) is 17. The number of amides is 1. The minimum absolute atomic E-state index is 0.0584. The van der Waals surface area contributed by atoms with Crippen LogP contribution in [0.1, 0.15) is 168 Å². The average molecular weight is 780 g/mol. The van der Waals surface area contributed by atoms with E-state index in [9.17, 15) is 19.4 Å². The Kier molecular flexibility index (Phi) is 35.6. The quantitative estimate of drug-likeness (QED) is 0.0249. The number of allylic oxidation sites excluding steroid dienone is 9. The third-order valence-corrected chi connectivity index (χ3v) is 10.2. The highest BCUT2D eigenvalue weighted by Crippen LogP contribution is 2.43. The summed E-state index contributed by atoms with van der Waals surface area (Å²) in [6.45, 7) is 4.47. The maximum absolute atomic E-state index is 12.7. The van der Waals surface area contributed by atoms with E-state index in [4.69, 9.17) is 9.05 Å². The molecule has 314 valence electrons. The fraction of sp³-hybridized carbons (Fsp3) is 0.756. The Morgan fingerprint density at radius 2 is 1.11 bits per heavy atom. The van der Waals surface area contributed by atoms with Crippen LogP contribution in [0.5, 0.6) is 0 Å². The Bertz CT molecular complexity index is 1060. The first kappa shape index (κ1) is 52.2.